The van der Waals surface area contributed by atoms with Crippen LogP contribution in [0.25, 0.3) is 0 Å². The standard InChI is InChI=1S/C19H35F3O9SSi/c1-17(2,3)33(7,8)27-10-9-12-13(26-11-25-6)14-15(30-18(4,5)29-14)16(28-12)31-32(23,24)19(20,21)22/h12-16H,9-11H2,1-8H3/t12-,13+,14-,15-,16+/m0/s1. The third-order valence-electron chi connectivity index (χ3n) is 5.99. The first kappa shape index (κ1) is 28.9. The third-order valence-corrected chi connectivity index (χ3v) is 11.5. The van der Waals surface area contributed by atoms with Gasteiger partial charge in [-0.1, -0.05) is 20.8 Å². The molecule has 2 aliphatic heterocycles. The number of halogens is 3. The van der Waals surface area contributed by atoms with Crippen molar-refractivity contribution in [3.63, 3.8) is 0 Å². The van der Waals surface area contributed by atoms with Crippen LogP contribution in [0.15, 0.2) is 0 Å². The molecule has 5 atom stereocenters. The van der Waals surface area contributed by atoms with Gasteiger partial charge < -0.3 is 28.1 Å². The maximum absolute atomic E-state index is 13.0. The Bertz CT molecular complexity index is 767. The van der Waals surface area contributed by atoms with Gasteiger partial charge in [-0.15, -0.1) is 0 Å². The molecule has 2 heterocycles. The summed E-state index contributed by atoms with van der Waals surface area (Å²) >= 11 is 0. The van der Waals surface area contributed by atoms with E-state index in [0.717, 1.165) is 0 Å². The summed E-state index contributed by atoms with van der Waals surface area (Å²) in [5.41, 5.74) is -5.62. The molecule has 2 aliphatic rings. The Kier molecular flexibility index (Phi) is 8.74. The van der Waals surface area contributed by atoms with Crippen LogP contribution >= 0.6 is 0 Å². The predicted octanol–water partition coefficient (Wildman–Crippen LogP) is 3.50. The minimum absolute atomic E-state index is 0.0592. The lowest BCUT2D eigenvalue weighted by Gasteiger charge is -2.42. The van der Waals surface area contributed by atoms with Gasteiger partial charge in [0.1, 0.15) is 25.1 Å². The fourth-order valence-electron chi connectivity index (χ4n) is 3.31. The second-order valence-electron chi connectivity index (χ2n) is 10.0. The van der Waals surface area contributed by atoms with E-state index < -0.39 is 60.4 Å². The summed E-state index contributed by atoms with van der Waals surface area (Å²) < 4.78 is 101. The van der Waals surface area contributed by atoms with Gasteiger partial charge in [-0.05, 0) is 38.4 Å². The normalized spacial score (nSPS) is 30.9. The molecule has 0 bridgehead atoms. The van der Waals surface area contributed by atoms with Crippen LogP contribution in [0.5, 0.6) is 0 Å². The lowest BCUT2D eigenvalue weighted by atomic mass is 9.97. The van der Waals surface area contributed by atoms with Crippen molar-refractivity contribution >= 4 is 18.4 Å². The molecule has 2 saturated heterocycles. The second kappa shape index (κ2) is 9.97. The summed E-state index contributed by atoms with van der Waals surface area (Å²) in [5.74, 6) is -1.23. The topological polar surface area (TPSA) is 98.8 Å². The molecule has 0 saturated carbocycles. The first-order valence-electron chi connectivity index (χ1n) is 10.6. The Hall–Kier alpha value is -0.323. The maximum atomic E-state index is 13.0. The van der Waals surface area contributed by atoms with Crippen LogP contribution < -0.4 is 0 Å². The smallest absolute Gasteiger partial charge is 0.417 e. The molecule has 14 heteroatoms. The lowest BCUT2D eigenvalue weighted by molar-refractivity contribution is -0.268. The van der Waals surface area contributed by atoms with Gasteiger partial charge in [0.25, 0.3) is 0 Å². The van der Waals surface area contributed by atoms with E-state index in [1.54, 1.807) is 13.8 Å². The Morgan fingerprint density at radius 2 is 1.64 bits per heavy atom. The van der Waals surface area contributed by atoms with Crippen LogP contribution in [-0.4, -0.2) is 79.2 Å². The number of fused-ring (bicyclic) bond motifs is 1. The molecule has 196 valence electrons. The third kappa shape index (κ3) is 6.88. The maximum Gasteiger partial charge on any atom is 0.523 e. The fourth-order valence-corrected chi connectivity index (χ4v) is 4.88. The zero-order valence-corrected chi connectivity index (χ0v) is 22.0. The first-order chi connectivity index (χ1) is 14.8. The molecule has 0 radical (unpaired) electrons. The Balaban J connectivity index is 2.28. The average molecular weight is 525 g/mol. The summed E-state index contributed by atoms with van der Waals surface area (Å²) in [7, 11) is -6.65. The van der Waals surface area contributed by atoms with Crippen LogP contribution in [0.4, 0.5) is 13.2 Å². The summed E-state index contributed by atoms with van der Waals surface area (Å²) in [6.45, 7) is 13.5. The first-order valence-corrected chi connectivity index (χ1v) is 14.9. The Morgan fingerprint density at radius 1 is 1.06 bits per heavy atom. The van der Waals surface area contributed by atoms with Crippen molar-refractivity contribution in [2.45, 2.75) is 101 Å². The Morgan fingerprint density at radius 3 is 2.15 bits per heavy atom. The molecular formula is C19H35F3O9SSi. The van der Waals surface area contributed by atoms with Gasteiger partial charge >= 0.3 is 15.6 Å². The van der Waals surface area contributed by atoms with Crippen LogP contribution in [0, 0.1) is 0 Å². The number of ether oxygens (including phenoxy) is 5. The van der Waals surface area contributed by atoms with Crippen LogP contribution in [0.3, 0.4) is 0 Å². The average Bonchev–Trinajstić information content (AvgIpc) is 2.94. The van der Waals surface area contributed by atoms with Gasteiger partial charge in [0, 0.05) is 13.7 Å². The van der Waals surface area contributed by atoms with Crippen molar-refractivity contribution < 1.29 is 53.9 Å². The van der Waals surface area contributed by atoms with E-state index >= 15 is 0 Å². The van der Waals surface area contributed by atoms with E-state index in [1.807, 2.05) is 0 Å². The number of hydrogen-bond donors (Lipinski definition) is 0. The van der Waals surface area contributed by atoms with Gasteiger partial charge in [-0.3, -0.25) is 0 Å². The van der Waals surface area contributed by atoms with Gasteiger partial charge in [0.15, 0.2) is 14.1 Å². The molecule has 0 aromatic rings. The highest BCUT2D eigenvalue weighted by Crippen LogP contribution is 2.42. The molecule has 9 nitrogen and oxygen atoms in total. The van der Waals surface area contributed by atoms with E-state index in [9.17, 15) is 21.6 Å². The minimum atomic E-state index is -5.94. The molecule has 0 unspecified atom stereocenters. The zero-order valence-electron chi connectivity index (χ0n) is 20.2. The van der Waals surface area contributed by atoms with E-state index in [2.05, 4.69) is 38.0 Å². The van der Waals surface area contributed by atoms with Crippen molar-refractivity contribution in [1.29, 1.82) is 0 Å². The summed E-state index contributed by atoms with van der Waals surface area (Å²) in [4.78, 5) is 0. The zero-order chi connectivity index (χ0) is 25.5. The quantitative estimate of drug-likeness (QED) is 0.194. The van der Waals surface area contributed by atoms with E-state index in [-0.39, 0.29) is 24.9 Å². The highest BCUT2D eigenvalue weighted by atomic mass is 32.2. The summed E-state index contributed by atoms with van der Waals surface area (Å²) in [5, 5.41) is -0.0592. The van der Waals surface area contributed by atoms with Gasteiger partial charge in [0.05, 0.1) is 6.10 Å². The van der Waals surface area contributed by atoms with Crippen molar-refractivity contribution in [3.8, 4) is 0 Å². The number of methoxy groups -OCH3 is 1. The lowest BCUT2D eigenvalue weighted by Crippen LogP contribution is -2.59. The van der Waals surface area contributed by atoms with Crippen molar-refractivity contribution in [1.82, 2.24) is 0 Å². The number of alkyl halides is 3. The molecule has 2 fully saturated rings. The molecular weight excluding hydrogens is 489 g/mol. The van der Waals surface area contributed by atoms with Gasteiger partial charge in [-0.2, -0.15) is 21.6 Å². The van der Waals surface area contributed by atoms with Crippen LogP contribution in [-0.2, 0) is 42.4 Å². The number of hydrogen-bond acceptors (Lipinski definition) is 9. The summed E-state index contributed by atoms with van der Waals surface area (Å²) in [6, 6.07) is 0. The largest absolute Gasteiger partial charge is 0.523 e. The minimum Gasteiger partial charge on any atom is -0.417 e. The molecule has 0 amide bonds. The van der Waals surface area contributed by atoms with Crippen LogP contribution in [0.2, 0.25) is 18.1 Å². The van der Waals surface area contributed by atoms with Crippen LogP contribution in [0.1, 0.15) is 41.0 Å². The second-order valence-corrected chi connectivity index (χ2v) is 16.4. The molecule has 0 N–H and O–H groups in total. The SMILES string of the molecule is COCO[C@H]1[C@@H]2OC(C)(C)O[C@@H]2[C@@H](OS(=O)(=O)C(F)(F)F)O[C@H]1CCO[Si](C)(C)C(C)(C)C. The molecule has 33 heavy (non-hydrogen) atoms. The van der Waals surface area contributed by atoms with Crippen molar-refractivity contribution in [3.05, 3.63) is 0 Å². The molecule has 0 spiro atoms. The summed E-state index contributed by atoms with van der Waals surface area (Å²) in [6.07, 6.45) is -5.67. The molecule has 0 aromatic heterocycles. The molecule has 0 aliphatic carbocycles. The monoisotopic (exact) mass is 524 g/mol. The van der Waals surface area contributed by atoms with Crippen molar-refractivity contribution in [2.24, 2.45) is 0 Å². The van der Waals surface area contributed by atoms with E-state index in [1.165, 1.54) is 7.11 Å². The van der Waals surface area contributed by atoms with Gasteiger partial charge in [-0.25, -0.2) is 4.18 Å². The Labute approximate surface area is 194 Å². The van der Waals surface area contributed by atoms with E-state index in [4.69, 9.17) is 28.1 Å². The molecule has 0 aromatic carbocycles. The van der Waals surface area contributed by atoms with E-state index in [0.29, 0.717) is 0 Å². The highest BCUT2D eigenvalue weighted by Gasteiger charge is 2.59. The highest BCUT2D eigenvalue weighted by molar-refractivity contribution is 7.87. The molecule has 2 rings (SSSR count). The number of rotatable bonds is 9. The van der Waals surface area contributed by atoms with Crippen molar-refractivity contribution in [2.75, 3.05) is 20.5 Å². The fraction of sp³-hybridized carbons (Fsp3) is 1.00. The van der Waals surface area contributed by atoms with Gasteiger partial charge in [0.2, 0.25) is 6.29 Å². The predicted molar refractivity (Wildman–Crippen MR) is 113 cm³/mol.